The zero-order valence-corrected chi connectivity index (χ0v) is 11.5. The summed E-state index contributed by atoms with van der Waals surface area (Å²) < 4.78 is 5.91. The van der Waals surface area contributed by atoms with Gasteiger partial charge in [-0.2, -0.15) is 0 Å². The van der Waals surface area contributed by atoms with E-state index in [0.717, 1.165) is 25.2 Å². The Bertz CT molecular complexity index is 379. The van der Waals surface area contributed by atoms with Gasteiger partial charge in [0.25, 0.3) is 0 Å². The van der Waals surface area contributed by atoms with Gasteiger partial charge < -0.3 is 4.74 Å². The minimum Gasteiger partial charge on any atom is -0.493 e. The van der Waals surface area contributed by atoms with E-state index < -0.39 is 0 Å². The molecule has 0 aliphatic carbocycles. The molecule has 1 rings (SSSR count). The van der Waals surface area contributed by atoms with Crippen molar-refractivity contribution in [3.63, 3.8) is 0 Å². The van der Waals surface area contributed by atoms with Gasteiger partial charge in [-0.1, -0.05) is 37.6 Å². The highest BCUT2D eigenvalue weighted by Crippen LogP contribution is 2.33. The first kappa shape index (κ1) is 13.8. The molecule has 17 heavy (non-hydrogen) atoms. The Balaban J connectivity index is 3.09. The fraction of sp³-hybridized carbons (Fsp3) is 0.500. The molecule has 0 N–H and O–H groups in total. The minimum absolute atomic E-state index is 0.470. The molecule has 1 aromatic rings. The molecule has 0 amide bonds. The van der Waals surface area contributed by atoms with Crippen LogP contribution in [0.1, 0.15) is 49.3 Å². The highest BCUT2D eigenvalue weighted by Gasteiger charge is 2.13. The number of allylic oxidation sites excluding steroid dienone is 1. The number of benzene rings is 1. The average molecular weight is 232 g/mol. The van der Waals surface area contributed by atoms with Crippen molar-refractivity contribution in [2.45, 2.75) is 46.5 Å². The summed E-state index contributed by atoms with van der Waals surface area (Å²) in [5, 5.41) is 0. The van der Waals surface area contributed by atoms with Gasteiger partial charge >= 0.3 is 0 Å². The van der Waals surface area contributed by atoms with E-state index in [2.05, 4.69) is 46.4 Å². The molecular formula is C16H24O. The van der Waals surface area contributed by atoms with Crippen molar-refractivity contribution in [1.29, 1.82) is 0 Å². The van der Waals surface area contributed by atoms with Crippen molar-refractivity contribution in [1.82, 2.24) is 0 Å². The monoisotopic (exact) mass is 232 g/mol. The van der Waals surface area contributed by atoms with Gasteiger partial charge in [0.15, 0.2) is 0 Å². The molecule has 1 nitrogen and oxygen atoms in total. The van der Waals surface area contributed by atoms with Crippen LogP contribution in [0.5, 0.6) is 5.75 Å². The molecule has 1 unspecified atom stereocenters. The lowest BCUT2D eigenvalue weighted by atomic mass is 9.93. The third-order valence-corrected chi connectivity index (χ3v) is 2.95. The first-order valence-electron chi connectivity index (χ1n) is 6.45. The van der Waals surface area contributed by atoms with E-state index in [1.807, 2.05) is 6.08 Å². The third-order valence-electron chi connectivity index (χ3n) is 2.95. The van der Waals surface area contributed by atoms with Crippen LogP contribution >= 0.6 is 0 Å². The Morgan fingerprint density at radius 3 is 2.65 bits per heavy atom. The summed E-state index contributed by atoms with van der Waals surface area (Å²) in [7, 11) is 0. The third kappa shape index (κ3) is 3.62. The zero-order chi connectivity index (χ0) is 12.8. The van der Waals surface area contributed by atoms with Gasteiger partial charge in [0.1, 0.15) is 5.75 Å². The molecule has 0 aromatic heterocycles. The van der Waals surface area contributed by atoms with E-state index in [-0.39, 0.29) is 0 Å². The molecular weight excluding hydrogens is 208 g/mol. The number of ether oxygens (including phenoxy) is 1. The molecule has 0 bridgehead atoms. The lowest BCUT2D eigenvalue weighted by Crippen LogP contribution is -2.04. The topological polar surface area (TPSA) is 9.23 Å². The second-order valence-electron chi connectivity index (χ2n) is 4.77. The van der Waals surface area contributed by atoms with Crippen molar-refractivity contribution in [2.24, 2.45) is 0 Å². The summed E-state index contributed by atoms with van der Waals surface area (Å²) in [5.41, 5.74) is 3.86. The Hall–Kier alpha value is -1.24. The van der Waals surface area contributed by atoms with Gasteiger partial charge in [-0.05, 0) is 43.7 Å². The Morgan fingerprint density at radius 2 is 2.06 bits per heavy atom. The smallest absolute Gasteiger partial charge is 0.125 e. The minimum atomic E-state index is 0.470. The number of rotatable bonds is 6. The molecule has 0 saturated heterocycles. The van der Waals surface area contributed by atoms with Crippen LogP contribution in [-0.4, -0.2) is 6.61 Å². The average Bonchev–Trinajstić information content (AvgIpc) is 2.27. The summed E-state index contributed by atoms with van der Waals surface area (Å²) in [4.78, 5) is 0. The van der Waals surface area contributed by atoms with E-state index >= 15 is 0 Å². The molecule has 0 spiro atoms. The fourth-order valence-corrected chi connectivity index (χ4v) is 2.13. The van der Waals surface area contributed by atoms with Crippen LogP contribution < -0.4 is 4.74 Å². The highest BCUT2D eigenvalue weighted by atomic mass is 16.5. The van der Waals surface area contributed by atoms with Gasteiger partial charge in [0.2, 0.25) is 0 Å². The molecule has 0 saturated carbocycles. The molecule has 0 heterocycles. The first-order valence-corrected chi connectivity index (χ1v) is 6.45. The van der Waals surface area contributed by atoms with Crippen LogP contribution in [0.25, 0.3) is 0 Å². The second-order valence-corrected chi connectivity index (χ2v) is 4.77. The molecule has 0 radical (unpaired) electrons. The van der Waals surface area contributed by atoms with E-state index in [0.29, 0.717) is 5.92 Å². The molecule has 1 heteroatoms. The van der Waals surface area contributed by atoms with Gasteiger partial charge in [0, 0.05) is 0 Å². The van der Waals surface area contributed by atoms with E-state index in [1.54, 1.807) is 0 Å². The molecule has 1 aromatic carbocycles. The van der Waals surface area contributed by atoms with Gasteiger partial charge in [-0.15, -0.1) is 6.58 Å². The summed E-state index contributed by atoms with van der Waals surface area (Å²) in [6.07, 6.45) is 4.01. The summed E-state index contributed by atoms with van der Waals surface area (Å²) >= 11 is 0. The second kappa shape index (κ2) is 6.48. The molecule has 1 atom stereocenters. The maximum atomic E-state index is 5.91. The van der Waals surface area contributed by atoms with Crippen molar-refractivity contribution in [3.8, 4) is 5.75 Å². The largest absolute Gasteiger partial charge is 0.493 e. The lowest BCUT2D eigenvalue weighted by molar-refractivity contribution is 0.310. The molecule has 0 aliphatic heterocycles. The van der Waals surface area contributed by atoms with E-state index in [9.17, 15) is 0 Å². The van der Waals surface area contributed by atoms with Crippen LogP contribution in [0.2, 0.25) is 0 Å². The van der Waals surface area contributed by atoms with Crippen molar-refractivity contribution in [3.05, 3.63) is 41.5 Å². The summed E-state index contributed by atoms with van der Waals surface area (Å²) in [6.45, 7) is 13.2. The van der Waals surface area contributed by atoms with Crippen LogP contribution in [0, 0.1) is 13.8 Å². The van der Waals surface area contributed by atoms with Crippen LogP contribution in [0.3, 0.4) is 0 Å². The Labute approximate surface area is 106 Å². The molecule has 0 aliphatic rings. The van der Waals surface area contributed by atoms with Gasteiger partial charge in [-0.3, -0.25) is 0 Å². The normalized spacial score (nSPS) is 12.2. The first-order chi connectivity index (χ1) is 8.10. The van der Waals surface area contributed by atoms with Crippen molar-refractivity contribution >= 4 is 0 Å². The van der Waals surface area contributed by atoms with Gasteiger partial charge in [-0.25, -0.2) is 0 Å². The summed E-state index contributed by atoms with van der Waals surface area (Å²) in [6, 6.07) is 4.43. The predicted octanol–water partition coefficient (Wildman–Crippen LogP) is 4.77. The standard InChI is InChI=1S/C16H24O/c1-6-8-13(4)15-11-12(3)10-14(5)16(15)17-9-7-2/h6,10-11,13H,1,7-9H2,2-5H3. The number of hydrogen-bond donors (Lipinski definition) is 0. The number of hydrogen-bond acceptors (Lipinski definition) is 1. The fourth-order valence-electron chi connectivity index (χ4n) is 2.13. The van der Waals surface area contributed by atoms with E-state index in [4.69, 9.17) is 4.74 Å². The van der Waals surface area contributed by atoms with Crippen LogP contribution in [-0.2, 0) is 0 Å². The van der Waals surface area contributed by atoms with E-state index in [1.165, 1.54) is 16.7 Å². The maximum absolute atomic E-state index is 5.91. The Kier molecular flexibility index (Phi) is 5.27. The quantitative estimate of drug-likeness (QED) is 0.642. The lowest BCUT2D eigenvalue weighted by Gasteiger charge is -2.19. The SMILES string of the molecule is C=CCC(C)c1cc(C)cc(C)c1OCCC. The van der Waals surface area contributed by atoms with Crippen molar-refractivity contribution < 1.29 is 4.74 Å². The molecule has 94 valence electrons. The van der Waals surface area contributed by atoms with Crippen LogP contribution in [0.15, 0.2) is 24.8 Å². The van der Waals surface area contributed by atoms with Gasteiger partial charge in [0.05, 0.1) is 6.61 Å². The van der Waals surface area contributed by atoms with Crippen LogP contribution in [0.4, 0.5) is 0 Å². The predicted molar refractivity (Wildman–Crippen MR) is 74.9 cm³/mol. The summed E-state index contributed by atoms with van der Waals surface area (Å²) in [5.74, 6) is 1.55. The van der Waals surface area contributed by atoms with Crippen molar-refractivity contribution in [2.75, 3.05) is 6.61 Å². The molecule has 0 fully saturated rings. The Morgan fingerprint density at radius 1 is 1.35 bits per heavy atom. The number of aryl methyl sites for hydroxylation is 2. The highest BCUT2D eigenvalue weighted by molar-refractivity contribution is 5.45. The zero-order valence-electron chi connectivity index (χ0n) is 11.5. The maximum Gasteiger partial charge on any atom is 0.125 e.